The molecule has 1 heterocycles. The van der Waals surface area contributed by atoms with Gasteiger partial charge in [0.05, 0.1) is 6.61 Å². The molecule has 4 heteroatoms. The molecule has 1 saturated carbocycles. The van der Waals surface area contributed by atoms with Crippen molar-refractivity contribution in [2.45, 2.75) is 31.5 Å². The zero-order valence-electron chi connectivity index (χ0n) is 9.76. The summed E-state index contributed by atoms with van der Waals surface area (Å²) in [5, 5.41) is 4.35. The van der Waals surface area contributed by atoms with E-state index in [0.717, 1.165) is 19.1 Å². The molecule has 90 valence electrons. The summed E-state index contributed by atoms with van der Waals surface area (Å²) < 4.78 is 5.09. The topological polar surface area (TPSA) is 38.5 Å². The van der Waals surface area contributed by atoms with Crippen molar-refractivity contribution in [3.63, 3.8) is 0 Å². The van der Waals surface area contributed by atoms with E-state index in [9.17, 15) is 0 Å². The SMILES string of the molecule is COCC(N)CN(Cc1ccsc1)C1CC1. The fourth-order valence-electron chi connectivity index (χ4n) is 1.97. The number of nitrogens with two attached hydrogens (primary N) is 1. The summed E-state index contributed by atoms with van der Waals surface area (Å²) in [4.78, 5) is 2.49. The first-order valence-corrected chi connectivity index (χ1v) is 6.73. The maximum Gasteiger partial charge on any atom is 0.0626 e. The molecule has 16 heavy (non-hydrogen) atoms. The number of hydrogen-bond donors (Lipinski definition) is 1. The minimum absolute atomic E-state index is 0.129. The molecule has 1 aliphatic rings. The molecule has 1 unspecified atom stereocenters. The Balaban J connectivity index is 1.85. The van der Waals surface area contributed by atoms with Gasteiger partial charge in [0.2, 0.25) is 0 Å². The predicted octanol–water partition coefficient (Wildman–Crippen LogP) is 1.69. The van der Waals surface area contributed by atoms with Crippen LogP contribution in [0.3, 0.4) is 0 Å². The minimum atomic E-state index is 0.129. The van der Waals surface area contributed by atoms with Crippen molar-refractivity contribution in [2.24, 2.45) is 5.73 Å². The lowest BCUT2D eigenvalue weighted by molar-refractivity contribution is 0.148. The summed E-state index contributed by atoms with van der Waals surface area (Å²) in [6.45, 7) is 2.62. The lowest BCUT2D eigenvalue weighted by Gasteiger charge is -2.24. The Labute approximate surface area is 101 Å². The second-order valence-corrected chi connectivity index (χ2v) is 5.29. The molecule has 1 aromatic heterocycles. The molecule has 1 atom stereocenters. The van der Waals surface area contributed by atoms with Crippen molar-refractivity contribution in [2.75, 3.05) is 20.3 Å². The quantitative estimate of drug-likeness (QED) is 0.788. The average molecular weight is 240 g/mol. The van der Waals surface area contributed by atoms with Crippen molar-refractivity contribution in [3.05, 3.63) is 22.4 Å². The lowest BCUT2D eigenvalue weighted by atomic mass is 10.2. The predicted molar refractivity (Wildman–Crippen MR) is 67.6 cm³/mol. The average Bonchev–Trinajstić information content (AvgIpc) is 2.98. The van der Waals surface area contributed by atoms with Crippen LogP contribution >= 0.6 is 11.3 Å². The number of ether oxygens (including phenoxy) is 1. The lowest BCUT2D eigenvalue weighted by Crippen LogP contribution is -2.40. The smallest absolute Gasteiger partial charge is 0.0626 e. The van der Waals surface area contributed by atoms with E-state index in [1.165, 1.54) is 18.4 Å². The fraction of sp³-hybridized carbons (Fsp3) is 0.667. The highest BCUT2D eigenvalue weighted by molar-refractivity contribution is 7.07. The Hall–Kier alpha value is -0.420. The first-order chi connectivity index (χ1) is 7.79. The highest BCUT2D eigenvalue weighted by Gasteiger charge is 2.29. The summed E-state index contributed by atoms with van der Waals surface area (Å²) in [7, 11) is 1.71. The van der Waals surface area contributed by atoms with E-state index in [0.29, 0.717) is 6.61 Å². The molecule has 0 aromatic carbocycles. The molecular weight excluding hydrogens is 220 g/mol. The summed E-state index contributed by atoms with van der Waals surface area (Å²) in [6.07, 6.45) is 2.65. The van der Waals surface area contributed by atoms with Crippen molar-refractivity contribution < 1.29 is 4.74 Å². The molecule has 3 nitrogen and oxygen atoms in total. The van der Waals surface area contributed by atoms with E-state index in [4.69, 9.17) is 10.5 Å². The van der Waals surface area contributed by atoms with Crippen LogP contribution in [0.2, 0.25) is 0 Å². The summed E-state index contributed by atoms with van der Waals surface area (Å²) in [5.41, 5.74) is 7.42. The van der Waals surface area contributed by atoms with Gasteiger partial charge in [-0.15, -0.1) is 0 Å². The van der Waals surface area contributed by atoms with Crippen LogP contribution < -0.4 is 5.73 Å². The molecule has 1 aliphatic carbocycles. The summed E-state index contributed by atoms with van der Waals surface area (Å²) in [6, 6.07) is 3.08. The maximum absolute atomic E-state index is 6.02. The Bertz CT molecular complexity index is 298. The van der Waals surface area contributed by atoms with Gasteiger partial charge < -0.3 is 10.5 Å². The van der Waals surface area contributed by atoms with Crippen molar-refractivity contribution in [1.82, 2.24) is 4.90 Å². The summed E-state index contributed by atoms with van der Waals surface area (Å²) >= 11 is 1.76. The van der Waals surface area contributed by atoms with Gasteiger partial charge in [-0.25, -0.2) is 0 Å². The van der Waals surface area contributed by atoms with Crippen LogP contribution in [0.25, 0.3) is 0 Å². The zero-order valence-corrected chi connectivity index (χ0v) is 10.6. The molecule has 2 rings (SSSR count). The van der Waals surface area contributed by atoms with E-state index >= 15 is 0 Å². The number of nitrogens with zero attached hydrogens (tertiary/aromatic N) is 1. The van der Waals surface area contributed by atoms with E-state index in [-0.39, 0.29) is 6.04 Å². The third-order valence-corrected chi connectivity index (χ3v) is 3.61. The minimum Gasteiger partial charge on any atom is -0.383 e. The van der Waals surface area contributed by atoms with Gasteiger partial charge in [0, 0.05) is 32.3 Å². The first kappa shape index (κ1) is 12.0. The van der Waals surface area contributed by atoms with Gasteiger partial charge in [-0.2, -0.15) is 11.3 Å². The van der Waals surface area contributed by atoms with Crippen LogP contribution in [0.15, 0.2) is 16.8 Å². The van der Waals surface area contributed by atoms with Gasteiger partial charge in [-0.3, -0.25) is 4.90 Å². The molecule has 0 saturated heterocycles. The van der Waals surface area contributed by atoms with Crippen molar-refractivity contribution in [1.29, 1.82) is 0 Å². The normalized spacial score (nSPS) is 17.9. The van der Waals surface area contributed by atoms with Crippen molar-refractivity contribution in [3.8, 4) is 0 Å². The monoisotopic (exact) mass is 240 g/mol. The van der Waals surface area contributed by atoms with Crippen LogP contribution in [-0.4, -0.2) is 37.2 Å². The largest absolute Gasteiger partial charge is 0.383 e. The van der Waals surface area contributed by atoms with Gasteiger partial charge in [0.25, 0.3) is 0 Å². The van der Waals surface area contributed by atoms with Crippen LogP contribution in [0.5, 0.6) is 0 Å². The third kappa shape index (κ3) is 3.56. The van der Waals surface area contributed by atoms with Gasteiger partial charge in [0.15, 0.2) is 0 Å². The second-order valence-electron chi connectivity index (χ2n) is 4.51. The third-order valence-electron chi connectivity index (χ3n) is 2.88. The number of thiophene rings is 1. The highest BCUT2D eigenvalue weighted by atomic mass is 32.1. The van der Waals surface area contributed by atoms with E-state index in [2.05, 4.69) is 21.7 Å². The molecule has 0 bridgehead atoms. The molecule has 0 spiro atoms. The van der Waals surface area contributed by atoms with E-state index in [1.54, 1.807) is 18.4 Å². The van der Waals surface area contributed by atoms with E-state index < -0.39 is 0 Å². The molecule has 0 amide bonds. The van der Waals surface area contributed by atoms with E-state index in [1.807, 2.05) is 0 Å². The number of hydrogen-bond acceptors (Lipinski definition) is 4. The molecule has 0 radical (unpaired) electrons. The molecule has 1 fully saturated rings. The van der Waals surface area contributed by atoms with Gasteiger partial charge in [-0.05, 0) is 35.2 Å². The standard InChI is InChI=1S/C12H20N2OS/c1-15-8-11(13)7-14(12-2-3-12)6-10-4-5-16-9-10/h4-5,9,11-12H,2-3,6-8,13H2,1H3. The Morgan fingerprint density at radius 1 is 1.62 bits per heavy atom. The highest BCUT2D eigenvalue weighted by Crippen LogP contribution is 2.28. The Morgan fingerprint density at radius 3 is 3.00 bits per heavy atom. The van der Waals surface area contributed by atoms with Crippen LogP contribution in [0.4, 0.5) is 0 Å². The van der Waals surface area contributed by atoms with Crippen LogP contribution in [0, 0.1) is 0 Å². The summed E-state index contributed by atoms with van der Waals surface area (Å²) in [5.74, 6) is 0. The van der Waals surface area contributed by atoms with Gasteiger partial charge in [-0.1, -0.05) is 0 Å². The van der Waals surface area contributed by atoms with Crippen LogP contribution in [0.1, 0.15) is 18.4 Å². The fourth-order valence-corrected chi connectivity index (χ4v) is 2.63. The molecule has 1 aromatic rings. The Morgan fingerprint density at radius 2 is 2.44 bits per heavy atom. The van der Waals surface area contributed by atoms with Gasteiger partial charge in [0.1, 0.15) is 0 Å². The maximum atomic E-state index is 6.02. The number of methoxy groups -OCH3 is 1. The molecule has 0 aliphatic heterocycles. The van der Waals surface area contributed by atoms with Crippen LogP contribution in [-0.2, 0) is 11.3 Å². The Kier molecular flexibility index (Phi) is 4.35. The second kappa shape index (κ2) is 5.77. The van der Waals surface area contributed by atoms with Gasteiger partial charge >= 0.3 is 0 Å². The van der Waals surface area contributed by atoms with Crippen molar-refractivity contribution >= 4 is 11.3 Å². The zero-order chi connectivity index (χ0) is 11.4. The first-order valence-electron chi connectivity index (χ1n) is 5.79. The number of rotatable bonds is 7. The molecule has 2 N–H and O–H groups in total. The molecular formula is C12H20N2OS.